The molecular weight excluding hydrogens is 342 g/mol. The predicted octanol–water partition coefficient (Wildman–Crippen LogP) is 2.76. The Balaban J connectivity index is 1.61. The molecule has 0 unspecified atom stereocenters. The highest BCUT2D eigenvalue weighted by molar-refractivity contribution is 6.06. The molecule has 7 heteroatoms. The zero-order valence-corrected chi connectivity index (χ0v) is 14.2. The minimum atomic E-state index is -1.01. The number of imide groups is 1. The number of rotatable bonds is 6. The van der Waals surface area contributed by atoms with Crippen molar-refractivity contribution < 1.29 is 23.1 Å². The molecule has 2 aromatic rings. The van der Waals surface area contributed by atoms with Crippen molar-refractivity contribution in [2.24, 2.45) is 0 Å². The SMILES string of the molecule is COc1ccc(CCN2C(=O)C[C@H](Nc3ccc(F)c(F)c3)C2=O)cc1. The van der Waals surface area contributed by atoms with Gasteiger partial charge in [-0.15, -0.1) is 0 Å². The van der Waals surface area contributed by atoms with E-state index in [9.17, 15) is 18.4 Å². The molecule has 1 atom stereocenters. The van der Waals surface area contributed by atoms with Gasteiger partial charge in [-0.05, 0) is 36.2 Å². The lowest BCUT2D eigenvalue weighted by Crippen LogP contribution is -2.36. The second kappa shape index (κ2) is 7.51. The summed E-state index contributed by atoms with van der Waals surface area (Å²) >= 11 is 0. The van der Waals surface area contributed by atoms with Crippen LogP contribution in [0.2, 0.25) is 0 Å². The largest absolute Gasteiger partial charge is 0.497 e. The molecule has 0 aliphatic carbocycles. The van der Waals surface area contributed by atoms with Gasteiger partial charge < -0.3 is 10.1 Å². The zero-order chi connectivity index (χ0) is 18.7. The van der Waals surface area contributed by atoms with Crippen LogP contribution in [-0.4, -0.2) is 36.4 Å². The number of methoxy groups -OCH3 is 1. The van der Waals surface area contributed by atoms with Crippen molar-refractivity contribution in [2.75, 3.05) is 19.0 Å². The molecule has 1 aliphatic heterocycles. The maximum absolute atomic E-state index is 13.3. The van der Waals surface area contributed by atoms with Crippen LogP contribution in [0.25, 0.3) is 0 Å². The molecular formula is C19H18F2N2O3. The molecule has 0 spiro atoms. The van der Waals surface area contributed by atoms with E-state index in [2.05, 4.69) is 5.32 Å². The van der Waals surface area contributed by atoms with Crippen LogP contribution in [0.1, 0.15) is 12.0 Å². The quantitative estimate of drug-likeness (QED) is 0.805. The van der Waals surface area contributed by atoms with Crippen molar-refractivity contribution in [1.82, 2.24) is 4.90 Å². The van der Waals surface area contributed by atoms with Gasteiger partial charge in [0, 0.05) is 18.3 Å². The Kier molecular flexibility index (Phi) is 5.16. The lowest BCUT2D eigenvalue weighted by atomic mass is 10.1. The second-order valence-corrected chi connectivity index (χ2v) is 6.01. The normalized spacial score (nSPS) is 16.9. The Morgan fingerprint density at radius 2 is 1.85 bits per heavy atom. The summed E-state index contributed by atoms with van der Waals surface area (Å²) in [6.45, 7) is 0.264. The van der Waals surface area contributed by atoms with Crippen molar-refractivity contribution in [3.05, 3.63) is 59.7 Å². The highest BCUT2D eigenvalue weighted by atomic mass is 19.2. The second-order valence-electron chi connectivity index (χ2n) is 6.01. The van der Waals surface area contributed by atoms with Gasteiger partial charge in [-0.3, -0.25) is 14.5 Å². The van der Waals surface area contributed by atoms with E-state index in [4.69, 9.17) is 4.74 Å². The van der Waals surface area contributed by atoms with E-state index in [0.717, 1.165) is 23.4 Å². The molecule has 5 nitrogen and oxygen atoms in total. The van der Waals surface area contributed by atoms with Gasteiger partial charge >= 0.3 is 0 Å². The Labute approximate surface area is 149 Å². The van der Waals surface area contributed by atoms with Gasteiger partial charge in [-0.2, -0.15) is 0 Å². The first-order valence-corrected chi connectivity index (χ1v) is 8.16. The molecule has 1 N–H and O–H groups in total. The summed E-state index contributed by atoms with van der Waals surface area (Å²) in [7, 11) is 1.58. The maximum Gasteiger partial charge on any atom is 0.252 e. The Hall–Kier alpha value is -2.96. The fourth-order valence-electron chi connectivity index (χ4n) is 2.85. The summed E-state index contributed by atoms with van der Waals surface area (Å²) in [4.78, 5) is 25.8. The van der Waals surface area contributed by atoms with E-state index in [1.807, 2.05) is 24.3 Å². The van der Waals surface area contributed by atoms with Crippen LogP contribution in [-0.2, 0) is 16.0 Å². The molecule has 3 rings (SSSR count). The number of hydrogen-bond acceptors (Lipinski definition) is 4. The van der Waals surface area contributed by atoms with Gasteiger partial charge in [0.2, 0.25) is 5.91 Å². The van der Waals surface area contributed by atoms with Gasteiger partial charge in [0.25, 0.3) is 5.91 Å². The predicted molar refractivity (Wildman–Crippen MR) is 91.8 cm³/mol. The standard InChI is InChI=1S/C19H18F2N2O3/c1-26-14-5-2-12(3-6-14)8-9-23-18(24)11-17(19(23)25)22-13-4-7-15(20)16(21)10-13/h2-7,10,17,22H,8-9,11H2,1H3/t17-/m0/s1. The van der Waals surface area contributed by atoms with Crippen LogP contribution in [0, 0.1) is 11.6 Å². The lowest BCUT2D eigenvalue weighted by molar-refractivity contribution is -0.138. The maximum atomic E-state index is 13.3. The third-order valence-corrected chi connectivity index (χ3v) is 4.29. The summed E-state index contributed by atoms with van der Waals surface area (Å²) in [5.41, 5.74) is 1.23. The van der Waals surface area contributed by atoms with E-state index in [0.29, 0.717) is 6.42 Å². The number of carbonyl (C=O) groups is 2. The fraction of sp³-hybridized carbons (Fsp3) is 0.263. The van der Waals surface area contributed by atoms with Crippen LogP contribution in [0.5, 0.6) is 5.75 Å². The number of hydrogen-bond donors (Lipinski definition) is 1. The van der Waals surface area contributed by atoms with Crippen molar-refractivity contribution in [3.63, 3.8) is 0 Å². The van der Waals surface area contributed by atoms with Crippen LogP contribution >= 0.6 is 0 Å². The number of carbonyl (C=O) groups excluding carboxylic acids is 2. The van der Waals surface area contributed by atoms with Gasteiger partial charge in [0.15, 0.2) is 11.6 Å². The van der Waals surface area contributed by atoms with E-state index in [1.165, 1.54) is 11.0 Å². The Morgan fingerprint density at radius 1 is 1.12 bits per heavy atom. The number of nitrogens with zero attached hydrogens (tertiary/aromatic N) is 1. The Morgan fingerprint density at radius 3 is 2.50 bits per heavy atom. The molecule has 1 saturated heterocycles. The van der Waals surface area contributed by atoms with Gasteiger partial charge in [0.1, 0.15) is 11.8 Å². The first-order valence-electron chi connectivity index (χ1n) is 8.16. The van der Waals surface area contributed by atoms with Gasteiger partial charge in [0.05, 0.1) is 13.5 Å². The minimum absolute atomic E-state index is 0.0135. The topological polar surface area (TPSA) is 58.6 Å². The lowest BCUT2D eigenvalue weighted by Gasteiger charge is -2.16. The molecule has 1 fully saturated rings. The molecule has 1 heterocycles. The number of likely N-dealkylation sites (tertiary alicyclic amines) is 1. The first-order chi connectivity index (χ1) is 12.5. The number of anilines is 1. The molecule has 0 aromatic heterocycles. The third-order valence-electron chi connectivity index (χ3n) is 4.29. The Bertz CT molecular complexity index is 824. The summed E-state index contributed by atoms with van der Waals surface area (Å²) < 4.78 is 31.4. The van der Waals surface area contributed by atoms with Crippen LogP contribution < -0.4 is 10.1 Å². The smallest absolute Gasteiger partial charge is 0.252 e. The van der Waals surface area contributed by atoms with Crippen molar-refractivity contribution >= 4 is 17.5 Å². The summed E-state index contributed by atoms with van der Waals surface area (Å²) in [5, 5.41) is 2.80. The average Bonchev–Trinajstić information content (AvgIpc) is 2.90. The molecule has 1 aliphatic rings. The van der Waals surface area contributed by atoms with E-state index >= 15 is 0 Å². The van der Waals surface area contributed by atoms with E-state index < -0.39 is 17.7 Å². The van der Waals surface area contributed by atoms with Crippen molar-refractivity contribution in [2.45, 2.75) is 18.9 Å². The van der Waals surface area contributed by atoms with E-state index in [-0.39, 0.29) is 30.5 Å². The molecule has 0 radical (unpaired) electrons. The van der Waals surface area contributed by atoms with E-state index in [1.54, 1.807) is 7.11 Å². The third kappa shape index (κ3) is 3.82. The molecule has 0 bridgehead atoms. The molecule has 26 heavy (non-hydrogen) atoms. The number of nitrogens with one attached hydrogen (secondary N) is 1. The fourth-order valence-corrected chi connectivity index (χ4v) is 2.85. The van der Waals surface area contributed by atoms with Crippen molar-refractivity contribution in [3.8, 4) is 5.75 Å². The number of ether oxygens (including phenoxy) is 1. The molecule has 136 valence electrons. The van der Waals surface area contributed by atoms with Gasteiger partial charge in [-0.1, -0.05) is 12.1 Å². The highest BCUT2D eigenvalue weighted by Gasteiger charge is 2.38. The number of halogens is 2. The molecule has 2 amide bonds. The zero-order valence-electron chi connectivity index (χ0n) is 14.2. The van der Waals surface area contributed by atoms with Crippen LogP contribution in [0.4, 0.5) is 14.5 Å². The molecule has 2 aromatic carbocycles. The minimum Gasteiger partial charge on any atom is -0.497 e. The summed E-state index contributed by atoms with van der Waals surface area (Å²) in [6, 6.07) is 9.88. The molecule has 0 saturated carbocycles. The van der Waals surface area contributed by atoms with Crippen molar-refractivity contribution in [1.29, 1.82) is 0 Å². The van der Waals surface area contributed by atoms with Crippen LogP contribution in [0.15, 0.2) is 42.5 Å². The number of benzene rings is 2. The van der Waals surface area contributed by atoms with Crippen LogP contribution in [0.3, 0.4) is 0 Å². The summed E-state index contributed by atoms with van der Waals surface area (Å²) in [6.07, 6.45) is 0.514. The number of amides is 2. The monoisotopic (exact) mass is 360 g/mol. The average molecular weight is 360 g/mol. The van der Waals surface area contributed by atoms with Gasteiger partial charge in [-0.25, -0.2) is 8.78 Å². The highest BCUT2D eigenvalue weighted by Crippen LogP contribution is 2.21. The first kappa shape index (κ1) is 17.8. The summed E-state index contributed by atoms with van der Waals surface area (Å²) in [5.74, 6) is -1.90.